The number of nitrogens with one attached hydrogen (secondary N) is 3. The molecule has 140 valence electrons. The van der Waals surface area contributed by atoms with Crippen LogP contribution in [0.3, 0.4) is 0 Å². The molecule has 3 N–H and O–H groups in total. The van der Waals surface area contributed by atoms with Gasteiger partial charge in [0.05, 0.1) is 5.56 Å². The van der Waals surface area contributed by atoms with Crippen LogP contribution in [0, 0.1) is 12.7 Å². The summed E-state index contributed by atoms with van der Waals surface area (Å²) in [4.78, 5) is 29.2. The van der Waals surface area contributed by atoms with Crippen LogP contribution in [0.15, 0.2) is 65.6 Å². The minimum Gasteiger partial charge on any atom is -0.354 e. The summed E-state index contributed by atoms with van der Waals surface area (Å²) in [5.74, 6) is -0.521. The Labute approximate surface area is 160 Å². The van der Waals surface area contributed by atoms with Crippen LogP contribution in [0.4, 0.5) is 4.39 Å². The monoisotopic (exact) mass is 375 g/mol. The second kappa shape index (κ2) is 7.15. The van der Waals surface area contributed by atoms with Crippen molar-refractivity contribution in [1.82, 2.24) is 15.3 Å². The van der Waals surface area contributed by atoms with Crippen molar-refractivity contribution in [1.29, 1.82) is 0 Å². The molecule has 4 rings (SSSR count). The lowest BCUT2D eigenvalue weighted by molar-refractivity contribution is 0.0950. The van der Waals surface area contributed by atoms with Crippen molar-refractivity contribution in [2.24, 2.45) is 0 Å². The molecule has 2 aromatic heterocycles. The second-order valence-electron chi connectivity index (χ2n) is 6.64. The van der Waals surface area contributed by atoms with Gasteiger partial charge in [-0.15, -0.1) is 0 Å². The summed E-state index contributed by atoms with van der Waals surface area (Å²) in [7, 11) is 0. The van der Waals surface area contributed by atoms with Crippen molar-refractivity contribution < 1.29 is 9.18 Å². The molecule has 0 radical (unpaired) electrons. The number of aromatic nitrogens is 2. The highest BCUT2D eigenvalue weighted by Crippen LogP contribution is 2.30. The van der Waals surface area contributed by atoms with E-state index in [-0.39, 0.29) is 17.3 Å². The Morgan fingerprint density at radius 2 is 1.86 bits per heavy atom. The summed E-state index contributed by atoms with van der Waals surface area (Å²) in [6.45, 7) is 2.38. The first-order chi connectivity index (χ1) is 13.5. The van der Waals surface area contributed by atoms with Crippen molar-refractivity contribution in [2.45, 2.75) is 13.5 Å². The lowest BCUT2D eigenvalue weighted by Crippen LogP contribution is -2.23. The smallest absolute Gasteiger partial charge is 0.253 e. The molecule has 0 saturated carbocycles. The number of amides is 1. The van der Waals surface area contributed by atoms with E-state index >= 15 is 0 Å². The molecule has 0 aliphatic heterocycles. The van der Waals surface area contributed by atoms with Gasteiger partial charge in [0.25, 0.3) is 5.91 Å². The predicted octanol–water partition coefficient (Wildman–Crippen LogP) is 3.90. The molecular weight excluding hydrogens is 357 g/mol. The summed E-state index contributed by atoms with van der Waals surface area (Å²) in [6.07, 6.45) is 1.39. The number of pyridine rings is 1. The van der Waals surface area contributed by atoms with Gasteiger partial charge in [0.1, 0.15) is 5.82 Å². The van der Waals surface area contributed by atoms with Gasteiger partial charge in [-0.05, 0) is 66.1 Å². The van der Waals surface area contributed by atoms with Crippen molar-refractivity contribution >= 4 is 16.8 Å². The van der Waals surface area contributed by atoms with Gasteiger partial charge in [0.15, 0.2) is 0 Å². The molecule has 1 amide bonds. The summed E-state index contributed by atoms with van der Waals surface area (Å²) in [6, 6.07) is 15.1. The van der Waals surface area contributed by atoms with Crippen LogP contribution in [0.25, 0.3) is 22.2 Å². The summed E-state index contributed by atoms with van der Waals surface area (Å²) < 4.78 is 13.2. The summed E-state index contributed by atoms with van der Waals surface area (Å²) in [5.41, 5.74) is 5.02. The van der Waals surface area contributed by atoms with Crippen LogP contribution in [0.1, 0.15) is 21.5 Å². The van der Waals surface area contributed by atoms with Gasteiger partial charge in [-0.1, -0.05) is 6.07 Å². The normalized spacial score (nSPS) is 10.9. The average molecular weight is 375 g/mol. The third-order valence-corrected chi connectivity index (χ3v) is 4.76. The molecule has 6 heteroatoms. The van der Waals surface area contributed by atoms with Gasteiger partial charge in [-0.3, -0.25) is 9.59 Å². The SMILES string of the molecule is Cc1c(-c2ccc(F)cc2)[nH]c2ccc(CNC(=O)c3ccc(=O)[nH]c3)cc12. The highest BCUT2D eigenvalue weighted by molar-refractivity contribution is 5.94. The van der Waals surface area contributed by atoms with Crippen molar-refractivity contribution in [3.63, 3.8) is 0 Å². The lowest BCUT2D eigenvalue weighted by Gasteiger charge is -2.06. The molecule has 0 atom stereocenters. The van der Waals surface area contributed by atoms with E-state index < -0.39 is 0 Å². The first-order valence-corrected chi connectivity index (χ1v) is 8.85. The molecular formula is C22H18FN3O2. The molecule has 0 aliphatic carbocycles. The maximum atomic E-state index is 13.2. The highest BCUT2D eigenvalue weighted by atomic mass is 19.1. The molecule has 0 saturated heterocycles. The van der Waals surface area contributed by atoms with E-state index in [9.17, 15) is 14.0 Å². The van der Waals surface area contributed by atoms with E-state index in [0.717, 1.165) is 33.3 Å². The van der Waals surface area contributed by atoms with E-state index in [1.165, 1.54) is 30.5 Å². The zero-order valence-electron chi connectivity index (χ0n) is 15.2. The average Bonchev–Trinajstić information content (AvgIpc) is 3.03. The number of hydrogen-bond donors (Lipinski definition) is 3. The zero-order valence-corrected chi connectivity index (χ0v) is 15.2. The quantitative estimate of drug-likeness (QED) is 0.506. The Balaban J connectivity index is 1.56. The van der Waals surface area contributed by atoms with E-state index in [4.69, 9.17) is 0 Å². The van der Waals surface area contributed by atoms with E-state index in [1.54, 1.807) is 12.1 Å². The van der Waals surface area contributed by atoms with Gasteiger partial charge in [0, 0.05) is 35.4 Å². The molecule has 0 bridgehead atoms. The molecule has 4 aromatic rings. The first kappa shape index (κ1) is 17.7. The summed E-state index contributed by atoms with van der Waals surface area (Å²) in [5, 5.41) is 3.90. The third kappa shape index (κ3) is 3.44. The zero-order chi connectivity index (χ0) is 19.7. The van der Waals surface area contributed by atoms with Crippen LogP contribution >= 0.6 is 0 Å². The first-order valence-electron chi connectivity index (χ1n) is 8.85. The topological polar surface area (TPSA) is 77.8 Å². The molecule has 0 unspecified atom stereocenters. The second-order valence-corrected chi connectivity index (χ2v) is 6.64. The Morgan fingerprint density at radius 1 is 1.07 bits per heavy atom. The minimum atomic E-state index is -0.266. The van der Waals surface area contributed by atoms with E-state index in [0.29, 0.717) is 12.1 Å². The van der Waals surface area contributed by atoms with Crippen molar-refractivity contribution in [2.75, 3.05) is 0 Å². The molecule has 2 heterocycles. The van der Waals surface area contributed by atoms with Gasteiger partial charge >= 0.3 is 0 Å². The number of fused-ring (bicyclic) bond motifs is 1. The largest absolute Gasteiger partial charge is 0.354 e. The van der Waals surface area contributed by atoms with Gasteiger partial charge in [-0.2, -0.15) is 0 Å². The molecule has 0 spiro atoms. The third-order valence-electron chi connectivity index (χ3n) is 4.76. The molecule has 0 aliphatic rings. The van der Waals surface area contributed by atoms with Gasteiger partial charge in [0.2, 0.25) is 5.56 Å². The molecule has 0 fully saturated rings. The lowest BCUT2D eigenvalue weighted by atomic mass is 10.0. The summed E-state index contributed by atoms with van der Waals surface area (Å²) >= 11 is 0. The Hall–Kier alpha value is -3.67. The number of hydrogen-bond acceptors (Lipinski definition) is 2. The number of aryl methyl sites for hydroxylation is 1. The number of aromatic amines is 2. The Bertz CT molecular complexity index is 1200. The minimum absolute atomic E-state index is 0.248. The maximum absolute atomic E-state index is 13.2. The Morgan fingerprint density at radius 3 is 2.57 bits per heavy atom. The number of halogens is 1. The van der Waals surface area contributed by atoms with Crippen LogP contribution in [0.2, 0.25) is 0 Å². The Kier molecular flexibility index (Phi) is 4.53. The number of benzene rings is 2. The fraction of sp³-hybridized carbons (Fsp3) is 0.0909. The van der Waals surface area contributed by atoms with E-state index in [1.807, 2.05) is 25.1 Å². The standard InChI is InChI=1S/C22H18FN3O2/c1-13-18-10-14(11-25-22(28)16-5-9-20(27)24-12-16)2-8-19(18)26-21(13)15-3-6-17(23)7-4-15/h2-10,12,26H,11H2,1H3,(H,24,27)(H,25,28). The van der Waals surface area contributed by atoms with Crippen molar-refractivity contribution in [3.05, 3.63) is 93.7 Å². The predicted molar refractivity (Wildman–Crippen MR) is 107 cm³/mol. The fourth-order valence-corrected chi connectivity index (χ4v) is 3.23. The van der Waals surface area contributed by atoms with Crippen LogP contribution < -0.4 is 10.9 Å². The molecule has 28 heavy (non-hydrogen) atoms. The number of carbonyl (C=O) groups excluding carboxylic acids is 1. The van der Waals surface area contributed by atoms with Crippen LogP contribution in [-0.2, 0) is 6.54 Å². The van der Waals surface area contributed by atoms with Crippen molar-refractivity contribution in [3.8, 4) is 11.3 Å². The highest BCUT2D eigenvalue weighted by Gasteiger charge is 2.11. The molecule has 5 nitrogen and oxygen atoms in total. The van der Waals surface area contributed by atoms with Crippen LogP contribution in [-0.4, -0.2) is 15.9 Å². The number of H-pyrrole nitrogens is 2. The van der Waals surface area contributed by atoms with Crippen LogP contribution in [0.5, 0.6) is 0 Å². The number of carbonyl (C=O) groups is 1. The fourth-order valence-electron chi connectivity index (χ4n) is 3.23. The maximum Gasteiger partial charge on any atom is 0.253 e. The number of rotatable bonds is 4. The van der Waals surface area contributed by atoms with Gasteiger partial charge < -0.3 is 15.3 Å². The van der Waals surface area contributed by atoms with E-state index in [2.05, 4.69) is 15.3 Å². The molecule has 2 aromatic carbocycles. The van der Waals surface area contributed by atoms with Gasteiger partial charge in [-0.25, -0.2) is 4.39 Å².